The molecular weight excluding hydrogens is 661 g/mol. The molecule has 248 valence electrons. The minimum atomic E-state index is 0.699. The molecule has 10 aromatic rings. The van der Waals surface area contributed by atoms with Gasteiger partial charge in [-0.15, -0.1) is 11.3 Å². The normalized spacial score (nSPS) is 11.4. The van der Waals surface area contributed by atoms with Crippen LogP contribution in [0.1, 0.15) is 0 Å². The van der Waals surface area contributed by atoms with Crippen LogP contribution in [-0.2, 0) is 0 Å². The Bertz CT molecular complexity index is 2950. The maximum absolute atomic E-state index is 5.37. The molecule has 8 aromatic carbocycles. The molecule has 0 aliphatic rings. The van der Waals surface area contributed by atoms with Gasteiger partial charge in [-0.05, 0) is 86.6 Å². The minimum absolute atomic E-state index is 0.699. The molecule has 0 N–H and O–H groups in total. The molecule has 0 unspecified atom stereocenters. The summed E-state index contributed by atoms with van der Waals surface area (Å²) in [5, 5.41) is 5.05. The molecule has 0 amide bonds. The van der Waals surface area contributed by atoms with Crippen LogP contribution < -0.4 is 0 Å². The molecule has 0 fully saturated rings. The Kier molecular flexibility index (Phi) is 7.71. The van der Waals surface area contributed by atoms with Crippen molar-refractivity contribution in [2.75, 3.05) is 0 Å². The smallest absolute Gasteiger partial charge is 0.161 e. The van der Waals surface area contributed by atoms with Crippen LogP contribution in [0.2, 0.25) is 0 Å². The number of thiophene rings is 1. The summed E-state index contributed by atoms with van der Waals surface area (Å²) >= 11 is 1.85. The molecule has 0 atom stereocenters. The van der Waals surface area contributed by atoms with Gasteiger partial charge in [-0.25, -0.2) is 9.97 Å². The first-order chi connectivity index (χ1) is 26.2. The third kappa shape index (κ3) is 5.87. The number of nitrogens with zero attached hydrogens (tertiary/aromatic N) is 2. The van der Waals surface area contributed by atoms with Crippen LogP contribution in [-0.4, -0.2) is 9.97 Å². The van der Waals surface area contributed by atoms with Crippen molar-refractivity contribution >= 4 is 42.3 Å². The quantitative estimate of drug-likeness (QED) is 0.173. The SMILES string of the molecule is c1ccc(-c2cc(-c3cc(-c4ccc5ccccc5c4)cc(-c4ccc5c(c4)sc4ccccc45)c3)nc(-c3ccccc3-c3ccccc3)n2)cc1. The predicted molar refractivity (Wildman–Crippen MR) is 225 cm³/mol. The average molecular weight is 693 g/mol. The summed E-state index contributed by atoms with van der Waals surface area (Å²) in [5.74, 6) is 0.699. The molecule has 0 bridgehead atoms. The van der Waals surface area contributed by atoms with Crippen molar-refractivity contribution in [1.82, 2.24) is 9.97 Å². The fraction of sp³-hybridized carbons (Fsp3) is 0. The van der Waals surface area contributed by atoms with Gasteiger partial charge in [0.25, 0.3) is 0 Å². The third-order valence-electron chi connectivity index (χ3n) is 10.1. The molecule has 10 rings (SSSR count). The Morgan fingerprint density at radius 1 is 0.302 bits per heavy atom. The molecular formula is C50H32N2S. The van der Waals surface area contributed by atoms with E-state index >= 15 is 0 Å². The summed E-state index contributed by atoms with van der Waals surface area (Å²) in [6.45, 7) is 0. The minimum Gasteiger partial charge on any atom is -0.228 e. The van der Waals surface area contributed by atoms with Gasteiger partial charge in [0.1, 0.15) is 0 Å². The lowest BCUT2D eigenvalue weighted by Gasteiger charge is -2.15. The average Bonchev–Trinajstić information content (AvgIpc) is 3.62. The zero-order chi connectivity index (χ0) is 35.1. The van der Waals surface area contributed by atoms with Crippen molar-refractivity contribution < 1.29 is 0 Å². The Hall–Kier alpha value is -6.68. The van der Waals surface area contributed by atoms with E-state index in [9.17, 15) is 0 Å². The lowest BCUT2D eigenvalue weighted by molar-refractivity contribution is 1.18. The van der Waals surface area contributed by atoms with Gasteiger partial charge < -0.3 is 0 Å². The summed E-state index contributed by atoms with van der Waals surface area (Å²) in [5.41, 5.74) is 11.7. The molecule has 3 heteroatoms. The van der Waals surface area contributed by atoms with Crippen LogP contribution in [0.5, 0.6) is 0 Å². The molecule has 0 aliphatic heterocycles. The first-order valence-electron chi connectivity index (χ1n) is 17.9. The molecule has 2 heterocycles. The van der Waals surface area contributed by atoms with E-state index in [4.69, 9.17) is 9.97 Å². The van der Waals surface area contributed by atoms with Gasteiger partial charge in [0.15, 0.2) is 5.82 Å². The van der Waals surface area contributed by atoms with E-state index < -0.39 is 0 Å². The fourth-order valence-corrected chi connectivity index (χ4v) is 8.55. The van der Waals surface area contributed by atoms with Crippen molar-refractivity contribution in [3.63, 3.8) is 0 Å². The molecule has 0 aliphatic carbocycles. The van der Waals surface area contributed by atoms with E-state index in [-0.39, 0.29) is 0 Å². The lowest BCUT2D eigenvalue weighted by atomic mass is 9.93. The summed E-state index contributed by atoms with van der Waals surface area (Å²) in [4.78, 5) is 10.6. The second-order valence-electron chi connectivity index (χ2n) is 13.4. The van der Waals surface area contributed by atoms with Crippen molar-refractivity contribution in [2.24, 2.45) is 0 Å². The molecule has 2 aromatic heterocycles. The molecule has 0 saturated heterocycles. The molecule has 0 radical (unpaired) electrons. The Morgan fingerprint density at radius 2 is 0.868 bits per heavy atom. The summed E-state index contributed by atoms with van der Waals surface area (Å²) in [6, 6.07) is 69.3. The summed E-state index contributed by atoms with van der Waals surface area (Å²) in [7, 11) is 0. The van der Waals surface area contributed by atoms with Crippen molar-refractivity contribution in [3.8, 4) is 67.3 Å². The maximum atomic E-state index is 5.37. The molecule has 0 saturated carbocycles. The number of hydrogen-bond acceptors (Lipinski definition) is 3. The van der Waals surface area contributed by atoms with Crippen LogP contribution in [0.4, 0.5) is 0 Å². The highest BCUT2D eigenvalue weighted by molar-refractivity contribution is 7.25. The van der Waals surface area contributed by atoms with Gasteiger partial charge in [-0.2, -0.15) is 0 Å². The van der Waals surface area contributed by atoms with E-state index in [0.717, 1.165) is 50.3 Å². The van der Waals surface area contributed by atoms with Crippen LogP contribution in [0, 0.1) is 0 Å². The predicted octanol–water partition coefficient (Wildman–Crippen LogP) is 14.0. The van der Waals surface area contributed by atoms with Crippen LogP contribution in [0.25, 0.3) is 98.2 Å². The van der Waals surface area contributed by atoms with Crippen molar-refractivity contribution in [1.29, 1.82) is 0 Å². The lowest BCUT2D eigenvalue weighted by Crippen LogP contribution is -1.98. The number of fused-ring (bicyclic) bond motifs is 4. The van der Waals surface area contributed by atoms with E-state index in [2.05, 4.69) is 188 Å². The monoisotopic (exact) mass is 692 g/mol. The number of rotatable bonds is 6. The van der Waals surface area contributed by atoms with Gasteiger partial charge in [0.05, 0.1) is 11.4 Å². The summed E-state index contributed by atoms with van der Waals surface area (Å²) < 4.78 is 2.59. The number of hydrogen-bond donors (Lipinski definition) is 0. The van der Waals surface area contributed by atoms with Crippen LogP contribution in [0.3, 0.4) is 0 Å². The van der Waals surface area contributed by atoms with Crippen molar-refractivity contribution in [2.45, 2.75) is 0 Å². The van der Waals surface area contributed by atoms with Crippen molar-refractivity contribution in [3.05, 3.63) is 194 Å². The topological polar surface area (TPSA) is 25.8 Å². The Labute approximate surface area is 312 Å². The zero-order valence-electron chi connectivity index (χ0n) is 28.8. The number of benzene rings is 8. The van der Waals surface area contributed by atoms with Gasteiger partial charge in [0.2, 0.25) is 0 Å². The molecule has 2 nitrogen and oxygen atoms in total. The van der Waals surface area contributed by atoms with Gasteiger partial charge in [0, 0.05) is 36.9 Å². The van der Waals surface area contributed by atoms with E-state index in [1.54, 1.807) is 0 Å². The number of aromatic nitrogens is 2. The first kappa shape index (κ1) is 31.1. The second-order valence-corrected chi connectivity index (χ2v) is 14.5. The maximum Gasteiger partial charge on any atom is 0.161 e. The largest absolute Gasteiger partial charge is 0.228 e. The highest BCUT2D eigenvalue weighted by atomic mass is 32.1. The van der Waals surface area contributed by atoms with Crippen LogP contribution >= 0.6 is 11.3 Å². The zero-order valence-corrected chi connectivity index (χ0v) is 29.6. The highest BCUT2D eigenvalue weighted by Crippen LogP contribution is 2.40. The Balaban J connectivity index is 1.20. The Morgan fingerprint density at radius 3 is 1.66 bits per heavy atom. The highest BCUT2D eigenvalue weighted by Gasteiger charge is 2.17. The standard InChI is InChI=1S/C50H32N2S/c1-3-14-34(15-4-1)42-19-9-10-21-45(42)50-51-46(35-16-5-2-6-17-35)32-47(52-50)41-29-39(37-24-23-33-13-7-8-18-36(33)27-37)28-40(30-41)38-25-26-44-43-20-11-12-22-48(43)53-49(44)31-38/h1-32H. The van der Waals surface area contributed by atoms with Crippen LogP contribution in [0.15, 0.2) is 194 Å². The van der Waals surface area contributed by atoms with Gasteiger partial charge in [-0.1, -0.05) is 152 Å². The van der Waals surface area contributed by atoms with Gasteiger partial charge in [-0.3, -0.25) is 0 Å². The second kappa shape index (κ2) is 13.1. The van der Waals surface area contributed by atoms with E-state index in [1.165, 1.54) is 42.1 Å². The third-order valence-corrected chi connectivity index (χ3v) is 11.2. The summed E-state index contributed by atoms with van der Waals surface area (Å²) in [6.07, 6.45) is 0. The van der Waals surface area contributed by atoms with Gasteiger partial charge >= 0.3 is 0 Å². The molecule has 0 spiro atoms. The first-order valence-corrected chi connectivity index (χ1v) is 18.7. The fourth-order valence-electron chi connectivity index (χ4n) is 7.40. The van der Waals surface area contributed by atoms with E-state index in [0.29, 0.717) is 5.82 Å². The molecule has 53 heavy (non-hydrogen) atoms. The van der Waals surface area contributed by atoms with E-state index in [1.807, 2.05) is 17.4 Å².